The van der Waals surface area contributed by atoms with Crippen molar-refractivity contribution >= 4 is 22.5 Å². The molecular formula is C16H26N4OS. The number of carbonyl (C=O) groups excluding carboxylic acids is 1. The lowest BCUT2D eigenvalue weighted by Gasteiger charge is -2.41. The van der Waals surface area contributed by atoms with E-state index in [1.54, 1.807) is 11.3 Å². The van der Waals surface area contributed by atoms with E-state index in [9.17, 15) is 4.79 Å². The predicted octanol–water partition coefficient (Wildman–Crippen LogP) is 3.37. The maximum atomic E-state index is 12.9. The zero-order chi connectivity index (χ0) is 15.4. The molecule has 0 unspecified atom stereocenters. The number of rotatable bonds is 3. The van der Waals surface area contributed by atoms with Crippen LogP contribution in [0.3, 0.4) is 0 Å². The molecule has 3 rings (SSSR count). The highest BCUT2D eigenvalue weighted by Gasteiger charge is 2.32. The molecule has 1 aliphatic heterocycles. The molecule has 122 valence electrons. The minimum Gasteiger partial charge on any atom is -0.318 e. The van der Waals surface area contributed by atoms with Crippen LogP contribution < -0.4 is 10.6 Å². The summed E-state index contributed by atoms with van der Waals surface area (Å²) in [5.74, 6) is 0. The molecule has 22 heavy (non-hydrogen) atoms. The number of aromatic nitrogens is 1. The Morgan fingerprint density at radius 3 is 2.55 bits per heavy atom. The van der Waals surface area contributed by atoms with Gasteiger partial charge in [0.2, 0.25) is 0 Å². The lowest BCUT2D eigenvalue weighted by Crippen LogP contribution is -2.53. The van der Waals surface area contributed by atoms with Crippen LogP contribution in [0.5, 0.6) is 0 Å². The topological polar surface area (TPSA) is 57.3 Å². The molecule has 2 N–H and O–H groups in total. The van der Waals surface area contributed by atoms with Crippen LogP contribution in [0.1, 0.15) is 49.8 Å². The summed E-state index contributed by atoms with van der Waals surface area (Å²) in [7, 11) is 0. The number of carbonyl (C=O) groups is 1. The molecule has 1 aliphatic carbocycles. The van der Waals surface area contributed by atoms with Crippen LogP contribution in [-0.2, 0) is 0 Å². The number of nitrogens with zero attached hydrogens (tertiary/aromatic N) is 2. The van der Waals surface area contributed by atoms with Crippen LogP contribution in [0.15, 0.2) is 6.20 Å². The Kier molecular flexibility index (Phi) is 5.31. The van der Waals surface area contributed by atoms with Gasteiger partial charge in [-0.3, -0.25) is 5.32 Å². The van der Waals surface area contributed by atoms with Crippen LogP contribution in [0.2, 0.25) is 0 Å². The average molecular weight is 322 g/mol. The third kappa shape index (κ3) is 3.79. The van der Waals surface area contributed by atoms with Crippen LogP contribution in [-0.4, -0.2) is 41.1 Å². The lowest BCUT2D eigenvalue weighted by molar-refractivity contribution is 0.117. The van der Waals surface area contributed by atoms with Crippen LogP contribution >= 0.6 is 11.3 Å². The zero-order valence-corrected chi connectivity index (χ0v) is 14.1. The fourth-order valence-corrected chi connectivity index (χ4v) is 4.30. The van der Waals surface area contributed by atoms with E-state index in [1.807, 2.05) is 13.1 Å². The first-order chi connectivity index (χ1) is 10.7. The summed E-state index contributed by atoms with van der Waals surface area (Å²) in [6.45, 7) is 4.04. The number of anilines is 1. The summed E-state index contributed by atoms with van der Waals surface area (Å²) in [6.07, 6.45) is 10.0. The average Bonchev–Trinajstić information content (AvgIpc) is 2.95. The molecule has 2 fully saturated rings. The van der Waals surface area contributed by atoms with Crippen molar-refractivity contribution in [1.82, 2.24) is 15.2 Å². The van der Waals surface area contributed by atoms with Gasteiger partial charge in [0, 0.05) is 23.2 Å². The lowest BCUT2D eigenvalue weighted by atomic mass is 9.92. The summed E-state index contributed by atoms with van der Waals surface area (Å²) in [5, 5.41) is 7.15. The molecule has 1 saturated carbocycles. The van der Waals surface area contributed by atoms with Crippen LogP contribution in [0.25, 0.3) is 0 Å². The van der Waals surface area contributed by atoms with Gasteiger partial charge in [0.25, 0.3) is 0 Å². The predicted molar refractivity (Wildman–Crippen MR) is 90.5 cm³/mol. The minimum atomic E-state index is 0.0492. The van der Waals surface area contributed by atoms with Crippen molar-refractivity contribution < 1.29 is 4.79 Å². The Balaban J connectivity index is 1.72. The van der Waals surface area contributed by atoms with E-state index in [-0.39, 0.29) is 6.03 Å². The normalized spacial score (nSPS) is 20.8. The quantitative estimate of drug-likeness (QED) is 0.897. The van der Waals surface area contributed by atoms with Gasteiger partial charge in [0.15, 0.2) is 5.13 Å². The highest BCUT2D eigenvalue weighted by Crippen LogP contribution is 2.28. The van der Waals surface area contributed by atoms with E-state index in [0.717, 1.165) is 48.8 Å². The van der Waals surface area contributed by atoms with Gasteiger partial charge < -0.3 is 10.2 Å². The molecule has 1 aromatic rings. The molecule has 0 aromatic carbocycles. The van der Waals surface area contributed by atoms with Crippen molar-refractivity contribution in [2.24, 2.45) is 0 Å². The number of thiazole rings is 1. The Labute approximate surface area is 136 Å². The molecular weight excluding hydrogens is 296 g/mol. The monoisotopic (exact) mass is 322 g/mol. The molecule has 2 aliphatic rings. The second-order valence-corrected chi connectivity index (χ2v) is 7.62. The van der Waals surface area contributed by atoms with E-state index < -0.39 is 0 Å². The van der Waals surface area contributed by atoms with Gasteiger partial charge in [0.1, 0.15) is 0 Å². The van der Waals surface area contributed by atoms with Crippen molar-refractivity contribution in [1.29, 1.82) is 0 Å². The fraction of sp³-hybridized carbons (Fsp3) is 0.750. The van der Waals surface area contributed by atoms with Crippen molar-refractivity contribution in [3.63, 3.8) is 0 Å². The summed E-state index contributed by atoms with van der Waals surface area (Å²) >= 11 is 1.54. The van der Waals surface area contributed by atoms with Crippen LogP contribution in [0, 0.1) is 6.92 Å². The molecule has 1 saturated heterocycles. The van der Waals surface area contributed by atoms with Gasteiger partial charge in [-0.15, -0.1) is 11.3 Å². The van der Waals surface area contributed by atoms with Gasteiger partial charge in [-0.05, 0) is 45.7 Å². The van der Waals surface area contributed by atoms with E-state index in [0.29, 0.717) is 12.1 Å². The summed E-state index contributed by atoms with van der Waals surface area (Å²) in [5.41, 5.74) is 0. The first-order valence-corrected chi connectivity index (χ1v) is 9.28. The highest BCUT2D eigenvalue weighted by atomic mass is 32.1. The molecule has 2 amide bonds. The number of urea groups is 1. The largest absolute Gasteiger partial charge is 0.324 e. The van der Waals surface area contributed by atoms with Gasteiger partial charge in [0.05, 0.1) is 0 Å². The van der Waals surface area contributed by atoms with Crippen molar-refractivity contribution in [2.45, 2.75) is 64.0 Å². The molecule has 5 nitrogen and oxygen atoms in total. The van der Waals surface area contributed by atoms with E-state index >= 15 is 0 Å². The number of hydrogen-bond acceptors (Lipinski definition) is 4. The van der Waals surface area contributed by atoms with Gasteiger partial charge in [-0.2, -0.15) is 0 Å². The fourth-order valence-electron chi connectivity index (χ4n) is 3.64. The SMILES string of the molecule is Cc1cnc(NC(=O)N(C2CCCCC2)C2CCNCC2)s1. The standard InChI is InChI=1S/C16H26N4OS/c1-12-11-18-15(22-12)19-16(21)20(13-5-3-2-4-6-13)14-7-9-17-10-8-14/h11,13-14,17H,2-10H2,1H3,(H,18,19,21). The van der Waals surface area contributed by atoms with E-state index in [1.165, 1.54) is 19.3 Å². The molecule has 1 aromatic heterocycles. The Morgan fingerprint density at radius 2 is 1.91 bits per heavy atom. The third-order valence-electron chi connectivity index (χ3n) is 4.74. The summed E-state index contributed by atoms with van der Waals surface area (Å²) in [4.78, 5) is 20.4. The Morgan fingerprint density at radius 1 is 1.23 bits per heavy atom. The maximum absolute atomic E-state index is 12.9. The maximum Gasteiger partial charge on any atom is 0.324 e. The summed E-state index contributed by atoms with van der Waals surface area (Å²) < 4.78 is 0. The molecule has 2 heterocycles. The first kappa shape index (κ1) is 15.7. The van der Waals surface area contributed by atoms with E-state index in [4.69, 9.17) is 0 Å². The van der Waals surface area contributed by atoms with Crippen molar-refractivity contribution in [3.8, 4) is 0 Å². The second-order valence-electron chi connectivity index (χ2n) is 6.39. The zero-order valence-electron chi connectivity index (χ0n) is 13.3. The second kappa shape index (κ2) is 7.42. The number of aryl methyl sites for hydroxylation is 1. The first-order valence-electron chi connectivity index (χ1n) is 8.46. The summed E-state index contributed by atoms with van der Waals surface area (Å²) in [6, 6.07) is 0.816. The third-order valence-corrected chi connectivity index (χ3v) is 5.57. The van der Waals surface area contributed by atoms with Crippen molar-refractivity contribution in [3.05, 3.63) is 11.1 Å². The van der Waals surface area contributed by atoms with Gasteiger partial charge >= 0.3 is 6.03 Å². The molecule has 0 spiro atoms. The van der Waals surface area contributed by atoms with Crippen LogP contribution in [0.4, 0.5) is 9.93 Å². The molecule has 0 radical (unpaired) electrons. The highest BCUT2D eigenvalue weighted by molar-refractivity contribution is 7.15. The van der Waals surface area contributed by atoms with Gasteiger partial charge in [-0.1, -0.05) is 19.3 Å². The molecule has 0 atom stereocenters. The number of amides is 2. The van der Waals surface area contributed by atoms with Gasteiger partial charge in [-0.25, -0.2) is 9.78 Å². The molecule has 0 bridgehead atoms. The molecule has 6 heteroatoms. The Hall–Kier alpha value is -1.14. The number of piperidine rings is 1. The number of hydrogen-bond donors (Lipinski definition) is 2. The minimum absolute atomic E-state index is 0.0492. The number of nitrogens with one attached hydrogen (secondary N) is 2. The van der Waals surface area contributed by atoms with Crippen molar-refractivity contribution in [2.75, 3.05) is 18.4 Å². The van der Waals surface area contributed by atoms with E-state index in [2.05, 4.69) is 20.5 Å². The Bertz CT molecular complexity index is 474. The smallest absolute Gasteiger partial charge is 0.318 e.